The number of hydrogen-bond donors (Lipinski definition) is 1. The highest BCUT2D eigenvalue weighted by molar-refractivity contribution is 7.21. The number of nitrogens with one attached hydrogen (secondary N) is 1. The summed E-state index contributed by atoms with van der Waals surface area (Å²) in [6, 6.07) is 18.7. The summed E-state index contributed by atoms with van der Waals surface area (Å²) in [5.41, 5.74) is 4.10. The first-order valence-electron chi connectivity index (χ1n) is 9.31. The molecule has 0 fully saturated rings. The van der Waals surface area contributed by atoms with E-state index in [1.54, 1.807) is 18.3 Å². The summed E-state index contributed by atoms with van der Waals surface area (Å²) < 4.78 is 0. The first-order chi connectivity index (χ1) is 14.1. The molecular weight excluding hydrogens is 382 g/mol. The van der Waals surface area contributed by atoms with E-state index < -0.39 is 0 Å². The normalized spacial score (nSPS) is 10.8. The highest BCUT2D eigenvalue weighted by Gasteiger charge is 2.12. The molecule has 0 saturated carbocycles. The molecule has 29 heavy (non-hydrogen) atoms. The second-order valence-electron chi connectivity index (χ2n) is 6.71. The number of fused-ring (bicyclic) bond motifs is 1. The van der Waals surface area contributed by atoms with Crippen molar-refractivity contribution in [3.8, 4) is 10.6 Å². The number of Topliss-reactive ketones (excluding diaryl/α,β-unsaturated/α-hetero) is 1. The maximum Gasteiger partial charge on any atom is 0.224 e. The number of hydrogen-bond acceptors (Lipinski definition) is 5. The molecule has 0 saturated heterocycles. The van der Waals surface area contributed by atoms with Crippen molar-refractivity contribution in [2.24, 2.45) is 0 Å². The average molecular weight is 401 g/mol. The van der Waals surface area contributed by atoms with Gasteiger partial charge in [0.2, 0.25) is 5.91 Å². The molecule has 0 unspecified atom stereocenters. The minimum absolute atomic E-state index is 0.0341. The van der Waals surface area contributed by atoms with Crippen LogP contribution in [0, 0.1) is 6.92 Å². The summed E-state index contributed by atoms with van der Waals surface area (Å²) >= 11 is 1.52. The van der Waals surface area contributed by atoms with Crippen LogP contribution in [-0.2, 0) is 4.79 Å². The SMILES string of the molecule is Cc1ccc(-c2nc3cccnc3s2)cc1NC(=O)CCC(=O)c1ccccc1. The molecule has 2 heterocycles. The smallest absolute Gasteiger partial charge is 0.224 e. The number of pyridine rings is 1. The zero-order valence-corrected chi connectivity index (χ0v) is 16.7. The maximum atomic E-state index is 12.4. The minimum atomic E-state index is -0.180. The van der Waals surface area contributed by atoms with Crippen LogP contribution >= 0.6 is 11.3 Å². The molecule has 2 aromatic carbocycles. The van der Waals surface area contributed by atoms with E-state index in [0.717, 1.165) is 32.2 Å². The number of ketones is 1. The minimum Gasteiger partial charge on any atom is -0.326 e. The number of anilines is 1. The van der Waals surface area contributed by atoms with Crippen LogP contribution in [0.1, 0.15) is 28.8 Å². The molecule has 6 heteroatoms. The van der Waals surface area contributed by atoms with Gasteiger partial charge >= 0.3 is 0 Å². The number of thiazole rings is 1. The lowest BCUT2D eigenvalue weighted by atomic mass is 10.1. The highest BCUT2D eigenvalue weighted by atomic mass is 32.1. The Bertz CT molecular complexity index is 1150. The van der Waals surface area contributed by atoms with Gasteiger partial charge in [0.25, 0.3) is 0 Å². The van der Waals surface area contributed by atoms with E-state index in [1.165, 1.54) is 11.3 Å². The van der Waals surface area contributed by atoms with Crippen molar-refractivity contribution in [2.45, 2.75) is 19.8 Å². The van der Waals surface area contributed by atoms with E-state index in [1.807, 2.05) is 55.5 Å². The number of carbonyl (C=O) groups is 2. The topological polar surface area (TPSA) is 72.0 Å². The van der Waals surface area contributed by atoms with Crippen molar-refractivity contribution >= 4 is 39.1 Å². The number of aromatic nitrogens is 2. The summed E-state index contributed by atoms with van der Waals surface area (Å²) in [5, 5.41) is 3.79. The number of nitrogens with zero attached hydrogens (tertiary/aromatic N) is 2. The summed E-state index contributed by atoms with van der Waals surface area (Å²) in [4.78, 5) is 34.4. The van der Waals surface area contributed by atoms with Gasteiger partial charge in [0.05, 0.1) is 0 Å². The van der Waals surface area contributed by atoms with Crippen LogP contribution in [-0.4, -0.2) is 21.7 Å². The van der Waals surface area contributed by atoms with Gasteiger partial charge in [-0.15, -0.1) is 0 Å². The van der Waals surface area contributed by atoms with Gasteiger partial charge in [-0.1, -0.05) is 53.8 Å². The van der Waals surface area contributed by atoms with Gasteiger partial charge in [-0.05, 0) is 30.7 Å². The molecule has 0 aliphatic rings. The van der Waals surface area contributed by atoms with Gasteiger partial charge < -0.3 is 5.32 Å². The Kier molecular flexibility index (Phi) is 5.44. The number of rotatable bonds is 6. The standard InChI is InChI=1S/C23H19N3O2S/c1-15-9-10-17(22-26-18-8-5-13-24-23(18)29-22)14-19(15)25-21(28)12-11-20(27)16-6-3-2-4-7-16/h2-10,13-14H,11-12H2,1H3,(H,25,28). The van der Waals surface area contributed by atoms with Gasteiger partial charge in [0.1, 0.15) is 15.4 Å². The zero-order valence-electron chi connectivity index (χ0n) is 15.9. The zero-order chi connectivity index (χ0) is 20.2. The molecule has 0 atom stereocenters. The quantitative estimate of drug-likeness (QED) is 0.447. The highest BCUT2D eigenvalue weighted by Crippen LogP contribution is 2.31. The lowest BCUT2D eigenvalue weighted by Gasteiger charge is -2.10. The van der Waals surface area contributed by atoms with Gasteiger partial charge in [-0.3, -0.25) is 9.59 Å². The summed E-state index contributed by atoms with van der Waals surface area (Å²) in [5.74, 6) is -0.214. The molecule has 0 bridgehead atoms. The van der Waals surface area contributed by atoms with Crippen LogP contribution < -0.4 is 5.32 Å². The maximum absolute atomic E-state index is 12.4. The van der Waals surface area contributed by atoms with E-state index in [-0.39, 0.29) is 24.5 Å². The molecule has 0 spiro atoms. The van der Waals surface area contributed by atoms with E-state index >= 15 is 0 Å². The molecule has 4 aromatic rings. The van der Waals surface area contributed by atoms with E-state index in [9.17, 15) is 9.59 Å². The van der Waals surface area contributed by atoms with Crippen LogP contribution in [0.5, 0.6) is 0 Å². The Morgan fingerprint density at radius 2 is 1.83 bits per heavy atom. The summed E-state index contributed by atoms with van der Waals surface area (Å²) in [7, 11) is 0. The van der Waals surface area contributed by atoms with Crippen LogP contribution in [0.2, 0.25) is 0 Å². The molecule has 1 amide bonds. The average Bonchev–Trinajstić information content (AvgIpc) is 3.18. The first kappa shape index (κ1) is 19.0. The van der Waals surface area contributed by atoms with Crippen molar-refractivity contribution in [1.29, 1.82) is 0 Å². The van der Waals surface area contributed by atoms with Crippen molar-refractivity contribution in [1.82, 2.24) is 9.97 Å². The summed E-state index contributed by atoms with van der Waals surface area (Å²) in [6.07, 6.45) is 2.07. The number of amides is 1. The van der Waals surface area contributed by atoms with Gasteiger partial charge in [-0.2, -0.15) is 0 Å². The second-order valence-corrected chi connectivity index (χ2v) is 7.69. The largest absolute Gasteiger partial charge is 0.326 e. The molecule has 0 aliphatic carbocycles. The number of benzene rings is 2. The van der Waals surface area contributed by atoms with Crippen LogP contribution in [0.3, 0.4) is 0 Å². The Labute approximate surface area is 172 Å². The molecule has 0 aliphatic heterocycles. The van der Waals surface area contributed by atoms with Gasteiger partial charge in [0, 0.05) is 35.9 Å². The molecular formula is C23H19N3O2S. The number of carbonyl (C=O) groups excluding carboxylic acids is 2. The Morgan fingerprint density at radius 1 is 1.00 bits per heavy atom. The fourth-order valence-corrected chi connectivity index (χ4v) is 3.89. The van der Waals surface area contributed by atoms with E-state index in [0.29, 0.717) is 5.56 Å². The van der Waals surface area contributed by atoms with E-state index in [2.05, 4.69) is 15.3 Å². The van der Waals surface area contributed by atoms with Crippen LogP contribution in [0.25, 0.3) is 20.9 Å². The van der Waals surface area contributed by atoms with Crippen molar-refractivity contribution in [2.75, 3.05) is 5.32 Å². The predicted octanol–water partition coefficient (Wildman–Crippen LogP) is 5.27. The third-order valence-electron chi connectivity index (χ3n) is 4.60. The fraction of sp³-hybridized carbons (Fsp3) is 0.130. The fourth-order valence-electron chi connectivity index (χ4n) is 2.99. The van der Waals surface area contributed by atoms with Crippen molar-refractivity contribution in [3.63, 3.8) is 0 Å². The van der Waals surface area contributed by atoms with Crippen LogP contribution in [0.4, 0.5) is 5.69 Å². The molecule has 4 rings (SSSR count). The molecule has 1 N–H and O–H groups in total. The molecule has 2 aromatic heterocycles. The van der Waals surface area contributed by atoms with Gasteiger partial charge in [-0.25, -0.2) is 9.97 Å². The Balaban J connectivity index is 1.46. The van der Waals surface area contributed by atoms with Gasteiger partial charge in [0.15, 0.2) is 5.78 Å². The second kappa shape index (κ2) is 8.32. The third kappa shape index (κ3) is 4.38. The third-order valence-corrected chi connectivity index (χ3v) is 5.63. The van der Waals surface area contributed by atoms with E-state index in [4.69, 9.17) is 0 Å². The predicted molar refractivity (Wildman–Crippen MR) is 116 cm³/mol. The lowest BCUT2D eigenvalue weighted by Crippen LogP contribution is -2.14. The number of aryl methyl sites for hydroxylation is 1. The lowest BCUT2D eigenvalue weighted by molar-refractivity contribution is -0.116. The first-order valence-corrected chi connectivity index (χ1v) is 10.1. The molecule has 144 valence electrons. The Hall–Kier alpha value is -3.38. The van der Waals surface area contributed by atoms with Crippen molar-refractivity contribution < 1.29 is 9.59 Å². The molecule has 0 radical (unpaired) electrons. The summed E-state index contributed by atoms with van der Waals surface area (Å²) in [6.45, 7) is 1.94. The molecule has 5 nitrogen and oxygen atoms in total. The Morgan fingerprint density at radius 3 is 2.62 bits per heavy atom. The van der Waals surface area contributed by atoms with Crippen molar-refractivity contribution in [3.05, 3.63) is 78.0 Å². The monoisotopic (exact) mass is 401 g/mol. The van der Waals surface area contributed by atoms with Crippen LogP contribution in [0.15, 0.2) is 66.9 Å².